The predicted molar refractivity (Wildman–Crippen MR) is 96.4 cm³/mol. The van der Waals surface area contributed by atoms with E-state index in [4.69, 9.17) is 4.74 Å². The summed E-state index contributed by atoms with van der Waals surface area (Å²) in [7, 11) is 0. The lowest BCUT2D eigenvalue weighted by Crippen LogP contribution is -2.41. The van der Waals surface area contributed by atoms with Crippen LogP contribution in [0.1, 0.15) is 44.7 Å². The van der Waals surface area contributed by atoms with Crippen LogP contribution in [-0.2, 0) is 9.53 Å². The molecule has 2 rings (SSSR count). The molecule has 23 heavy (non-hydrogen) atoms. The Morgan fingerprint density at radius 2 is 2.26 bits per heavy atom. The predicted octanol–water partition coefficient (Wildman–Crippen LogP) is 3.52. The lowest BCUT2D eigenvalue weighted by atomic mass is 10.1. The van der Waals surface area contributed by atoms with Crippen molar-refractivity contribution in [3.63, 3.8) is 0 Å². The first kappa shape index (κ1) is 18.4. The Labute approximate surface area is 147 Å². The van der Waals surface area contributed by atoms with Gasteiger partial charge < -0.3 is 10.1 Å². The van der Waals surface area contributed by atoms with Gasteiger partial charge in [-0.25, -0.2) is 0 Å². The number of nitrogens with zero attached hydrogens (tertiary/aromatic N) is 1. The fourth-order valence-electron chi connectivity index (χ4n) is 2.98. The van der Waals surface area contributed by atoms with Gasteiger partial charge in [0.15, 0.2) is 0 Å². The third-order valence-corrected chi connectivity index (χ3v) is 5.03. The van der Waals surface area contributed by atoms with Gasteiger partial charge in [0.1, 0.15) is 0 Å². The van der Waals surface area contributed by atoms with Crippen molar-refractivity contribution in [3.8, 4) is 0 Å². The largest absolute Gasteiger partial charge is 0.376 e. The highest BCUT2D eigenvalue weighted by atomic mass is 79.9. The van der Waals surface area contributed by atoms with Crippen LogP contribution in [0.2, 0.25) is 0 Å². The van der Waals surface area contributed by atoms with Crippen molar-refractivity contribution in [2.45, 2.75) is 45.3 Å². The van der Waals surface area contributed by atoms with E-state index in [1.807, 2.05) is 18.2 Å². The van der Waals surface area contributed by atoms with Crippen molar-refractivity contribution in [1.29, 1.82) is 0 Å². The van der Waals surface area contributed by atoms with Crippen molar-refractivity contribution in [1.82, 2.24) is 10.2 Å². The van der Waals surface area contributed by atoms with E-state index in [0.29, 0.717) is 13.1 Å². The molecule has 0 aromatic heterocycles. The van der Waals surface area contributed by atoms with E-state index in [1.54, 1.807) is 0 Å². The Hall–Kier alpha value is -0.910. The van der Waals surface area contributed by atoms with Gasteiger partial charge in [0, 0.05) is 23.7 Å². The lowest BCUT2D eigenvalue weighted by Gasteiger charge is -2.29. The van der Waals surface area contributed by atoms with Crippen LogP contribution in [0.25, 0.3) is 0 Å². The van der Waals surface area contributed by atoms with Crippen LogP contribution in [-0.4, -0.2) is 43.2 Å². The second-order valence-corrected chi connectivity index (χ2v) is 6.96. The highest BCUT2D eigenvalue weighted by molar-refractivity contribution is 9.10. The first-order chi connectivity index (χ1) is 11.1. The van der Waals surface area contributed by atoms with E-state index in [2.05, 4.69) is 46.1 Å². The molecule has 2 atom stereocenters. The topological polar surface area (TPSA) is 41.6 Å². The molecule has 1 aliphatic rings. The van der Waals surface area contributed by atoms with Crippen LogP contribution >= 0.6 is 15.9 Å². The summed E-state index contributed by atoms with van der Waals surface area (Å²) in [5.41, 5.74) is 1.22. The number of carbonyl (C=O) groups excluding carboxylic acids is 1. The van der Waals surface area contributed by atoms with E-state index >= 15 is 0 Å². The van der Waals surface area contributed by atoms with Gasteiger partial charge in [-0.3, -0.25) is 9.69 Å². The maximum absolute atomic E-state index is 12.3. The van der Waals surface area contributed by atoms with Gasteiger partial charge in [0.25, 0.3) is 0 Å². The zero-order chi connectivity index (χ0) is 16.7. The second kappa shape index (κ2) is 9.40. The zero-order valence-corrected chi connectivity index (χ0v) is 15.6. The summed E-state index contributed by atoms with van der Waals surface area (Å²) in [6.45, 7) is 7.07. The van der Waals surface area contributed by atoms with Gasteiger partial charge in [-0.05, 0) is 44.4 Å². The maximum atomic E-state index is 12.3. The number of hydrogen-bond acceptors (Lipinski definition) is 3. The number of rotatable bonds is 8. The van der Waals surface area contributed by atoms with E-state index in [-0.39, 0.29) is 18.1 Å². The molecule has 4 nitrogen and oxygen atoms in total. The van der Waals surface area contributed by atoms with Crippen LogP contribution < -0.4 is 5.32 Å². The van der Waals surface area contributed by atoms with Crippen molar-refractivity contribution >= 4 is 21.8 Å². The highest BCUT2D eigenvalue weighted by Gasteiger charge is 2.21. The average molecular weight is 383 g/mol. The molecule has 1 aromatic rings. The first-order valence-corrected chi connectivity index (χ1v) is 9.28. The van der Waals surface area contributed by atoms with Crippen molar-refractivity contribution in [3.05, 3.63) is 34.3 Å². The molecule has 2 unspecified atom stereocenters. The average Bonchev–Trinajstić information content (AvgIpc) is 3.06. The number of hydrogen-bond donors (Lipinski definition) is 1. The SMILES string of the molecule is CCCN(CC(=O)NCC1CCCO1)C(C)c1ccccc1Br. The van der Waals surface area contributed by atoms with Crippen LogP contribution in [0, 0.1) is 0 Å². The minimum Gasteiger partial charge on any atom is -0.376 e. The standard InChI is InChI=1S/C18H27BrN2O2/c1-3-10-21(14(2)16-8-4-5-9-17(16)19)13-18(22)20-12-15-7-6-11-23-15/h4-5,8-9,14-15H,3,6-7,10-13H2,1-2H3,(H,20,22). The Bertz CT molecular complexity index is 504. The fraction of sp³-hybridized carbons (Fsp3) is 0.611. The van der Waals surface area contributed by atoms with Gasteiger partial charge in [-0.1, -0.05) is 41.1 Å². The van der Waals surface area contributed by atoms with Gasteiger partial charge in [-0.2, -0.15) is 0 Å². The molecule has 0 radical (unpaired) electrons. The van der Waals surface area contributed by atoms with E-state index in [1.165, 1.54) is 5.56 Å². The van der Waals surface area contributed by atoms with Crippen molar-refractivity contribution < 1.29 is 9.53 Å². The number of ether oxygens (including phenoxy) is 1. The highest BCUT2D eigenvalue weighted by Crippen LogP contribution is 2.27. The van der Waals surface area contributed by atoms with Gasteiger partial charge in [-0.15, -0.1) is 0 Å². The smallest absolute Gasteiger partial charge is 0.234 e. The van der Waals surface area contributed by atoms with Gasteiger partial charge in [0.2, 0.25) is 5.91 Å². The molecule has 1 aliphatic heterocycles. The molecular formula is C18H27BrN2O2. The fourth-order valence-corrected chi connectivity index (χ4v) is 3.60. The number of carbonyl (C=O) groups is 1. The molecule has 0 saturated carbocycles. The van der Waals surface area contributed by atoms with E-state index in [0.717, 1.165) is 36.9 Å². The van der Waals surface area contributed by atoms with Crippen LogP contribution in [0.15, 0.2) is 28.7 Å². The van der Waals surface area contributed by atoms with Crippen LogP contribution in [0.3, 0.4) is 0 Å². The normalized spacial score (nSPS) is 19.0. The van der Waals surface area contributed by atoms with Gasteiger partial charge >= 0.3 is 0 Å². The third kappa shape index (κ3) is 5.59. The quantitative estimate of drug-likeness (QED) is 0.747. The summed E-state index contributed by atoms with van der Waals surface area (Å²) in [6, 6.07) is 8.41. The number of halogens is 1. The Kier molecular flexibility index (Phi) is 7.53. The monoisotopic (exact) mass is 382 g/mol. The lowest BCUT2D eigenvalue weighted by molar-refractivity contribution is -0.123. The van der Waals surface area contributed by atoms with Crippen molar-refractivity contribution in [2.24, 2.45) is 0 Å². The summed E-state index contributed by atoms with van der Waals surface area (Å²) in [6.07, 6.45) is 3.36. The van der Waals surface area contributed by atoms with Crippen molar-refractivity contribution in [2.75, 3.05) is 26.2 Å². The van der Waals surface area contributed by atoms with Crippen LogP contribution in [0.4, 0.5) is 0 Å². The summed E-state index contributed by atoms with van der Waals surface area (Å²) >= 11 is 3.61. The Morgan fingerprint density at radius 3 is 2.91 bits per heavy atom. The summed E-state index contributed by atoms with van der Waals surface area (Å²) in [5.74, 6) is 0.0767. The first-order valence-electron chi connectivity index (χ1n) is 8.48. The molecule has 128 valence electrons. The molecule has 0 spiro atoms. The molecule has 1 saturated heterocycles. The van der Waals surface area contributed by atoms with E-state index in [9.17, 15) is 4.79 Å². The molecule has 1 fully saturated rings. The third-order valence-electron chi connectivity index (χ3n) is 4.31. The van der Waals surface area contributed by atoms with Gasteiger partial charge in [0.05, 0.1) is 12.6 Å². The second-order valence-electron chi connectivity index (χ2n) is 6.11. The number of benzene rings is 1. The number of amides is 1. The van der Waals surface area contributed by atoms with E-state index < -0.39 is 0 Å². The molecule has 0 aliphatic carbocycles. The Morgan fingerprint density at radius 1 is 1.48 bits per heavy atom. The Balaban J connectivity index is 1.91. The molecule has 1 N–H and O–H groups in total. The van der Waals surface area contributed by atoms with Crippen LogP contribution in [0.5, 0.6) is 0 Å². The molecule has 1 amide bonds. The zero-order valence-electron chi connectivity index (χ0n) is 14.1. The molecular weight excluding hydrogens is 356 g/mol. The molecule has 1 aromatic carbocycles. The summed E-state index contributed by atoms with van der Waals surface area (Å²) < 4.78 is 6.64. The summed E-state index contributed by atoms with van der Waals surface area (Å²) in [5, 5.41) is 3.02. The summed E-state index contributed by atoms with van der Waals surface area (Å²) in [4.78, 5) is 14.5. The minimum absolute atomic E-state index is 0.0767. The number of nitrogens with one attached hydrogen (secondary N) is 1. The maximum Gasteiger partial charge on any atom is 0.234 e. The minimum atomic E-state index is 0.0767. The molecule has 5 heteroatoms. The molecule has 0 bridgehead atoms. The molecule has 1 heterocycles.